The van der Waals surface area contributed by atoms with Crippen LogP contribution in [0.1, 0.15) is 17.5 Å². The zero-order valence-electron chi connectivity index (χ0n) is 12.0. The monoisotopic (exact) mass is 316 g/mol. The zero-order valence-corrected chi connectivity index (χ0v) is 12.8. The number of ether oxygens (including phenoxy) is 1. The van der Waals surface area contributed by atoms with E-state index in [2.05, 4.69) is 12.1 Å². The summed E-state index contributed by atoms with van der Waals surface area (Å²) in [5.41, 5.74) is 1.93. The fourth-order valence-corrected chi connectivity index (χ4v) is 2.23. The van der Waals surface area contributed by atoms with Crippen LogP contribution in [-0.2, 0) is 11.2 Å². The molecule has 0 bridgehead atoms. The molecule has 2 rings (SSSR count). The molecule has 0 saturated heterocycles. The van der Waals surface area contributed by atoms with Gasteiger partial charge < -0.3 is 9.84 Å². The Balaban J connectivity index is 1.93. The first-order valence-electron chi connectivity index (χ1n) is 7.02. The third kappa shape index (κ3) is 5.26. The van der Waals surface area contributed by atoms with Crippen molar-refractivity contribution in [1.29, 1.82) is 0 Å². The molecule has 0 aliphatic carbocycles. The maximum absolute atomic E-state index is 10.6. The number of aliphatic carboxylic acids is 1. The van der Waals surface area contributed by atoms with E-state index in [1.54, 1.807) is 18.2 Å². The molecular formula is C18H17ClO3. The molecule has 2 aromatic carbocycles. The van der Waals surface area contributed by atoms with Gasteiger partial charge in [-0.15, -0.1) is 0 Å². The second kappa shape index (κ2) is 8.25. The SMILES string of the molecule is O=C(O)/C=C/c1cc(Cl)ccc1OCCCc1ccccc1. The molecule has 0 atom stereocenters. The molecule has 0 fully saturated rings. The van der Waals surface area contributed by atoms with Crippen LogP contribution in [0.25, 0.3) is 6.08 Å². The Kier molecular flexibility index (Phi) is 6.04. The zero-order chi connectivity index (χ0) is 15.8. The first-order valence-corrected chi connectivity index (χ1v) is 7.40. The summed E-state index contributed by atoms with van der Waals surface area (Å²) >= 11 is 5.94. The predicted molar refractivity (Wildman–Crippen MR) is 88.4 cm³/mol. The van der Waals surface area contributed by atoms with Gasteiger partial charge in [0.15, 0.2) is 0 Å². The summed E-state index contributed by atoms with van der Waals surface area (Å²) in [5.74, 6) is -0.370. The second-order valence-corrected chi connectivity index (χ2v) is 5.23. The van der Waals surface area contributed by atoms with Gasteiger partial charge in [-0.3, -0.25) is 0 Å². The van der Waals surface area contributed by atoms with Crippen molar-refractivity contribution >= 4 is 23.6 Å². The number of hydrogen-bond donors (Lipinski definition) is 1. The van der Waals surface area contributed by atoms with Gasteiger partial charge in [0.1, 0.15) is 5.75 Å². The summed E-state index contributed by atoms with van der Waals surface area (Å²) in [7, 11) is 0. The van der Waals surface area contributed by atoms with Gasteiger partial charge in [-0.25, -0.2) is 4.79 Å². The van der Waals surface area contributed by atoms with E-state index in [0.717, 1.165) is 18.9 Å². The first-order chi connectivity index (χ1) is 10.6. The third-order valence-electron chi connectivity index (χ3n) is 3.09. The molecule has 0 aromatic heterocycles. The molecule has 3 nitrogen and oxygen atoms in total. The number of carbonyl (C=O) groups is 1. The van der Waals surface area contributed by atoms with Gasteiger partial charge in [0.05, 0.1) is 6.61 Å². The van der Waals surface area contributed by atoms with Crippen molar-refractivity contribution in [2.45, 2.75) is 12.8 Å². The van der Waals surface area contributed by atoms with Crippen molar-refractivity contribution in [2.24, 2.45) is 0 Å². The van der Waals surface area contributed by atoms with E-state index < -0.39 is 5.97 Å². The summed E-state index contributed by atoms with van der Waals surface area (Å²) in [6, 6.07) is 15.4. The minimum atomic E-state index is -1.00. The van der Waals surface area contributed by atoms with E-state index in [-0.39, 0.29) is 0 Å². The number of rotatable bonds is 7. The van der Waals surface area contributed by atoms with Gasteiger partial charge in [0.2, 0.25) is 0 Å². The van der Waals surface area contributed by atoms with Gasteiger partial charge in [0, 0.05) is 16.7 Å². The lowest BCUT2D eigenvalue weighted by atomic mass is 10.1. The van der Waals surface area contributed by atoms with E-state index in [4.69, 9.17) is 21.4 Å². The smallest absolute Gasteiger partial charge is 0.328 e. The van der Waals surface area contributed by atoms with Crippen molar-refractivity contribution in [1.82, 2.24) is 0 Å². The number of halogens is 1. The lowest BCUT2D eigenvalue weighted by Gasteiger charge is -2.09. The number of carboxylic acids is 1. The fourth-order valence-electron chi connectivity index (χ4n) is 2.05. The molecule has 0 saturated carbocycles. The van der Waals surface area contributed by atoms with Crippen molar-refractivity contribution in [3.05, 3.63) is 70.8 Å². The Morgan fingerprint density at radius 1 is 1.18 bits per heavy atom. The van der Waals surface area contributed by atoms with Gasteiger partial charge in [-0.1, -0.05) is 41.9 Å². The summed E-state index contributed by atoms with van der Waals surface area (Å²) in [6.45, 7) is 0.560. The highest BCUT2D eigenvalue weighted by Gasteiger charge is 2.03. The van der Waals surface area contributed by atoms with Crippen LogP contribution < -0.4 is 4.74 Å². The van der Waals surface area contributed by atoms with Gasteiger partial charge >= 0.3 is 5.97 Å². The van der Waals surface area contributed by atoms with Crippen LogP contribution in [-0.4, -0.2) is 17.7 Å². The molecule has 4 heteroatoms. The lowest BCUT2D eigenvalue weighted by molar-refractivity contribution is -0.131. The molecule has 0 heterocycles. The molecule has 1 N–H and O–H groups in total. The molecule has 22 heavy (non-hydrogen) atoms. The van der Waals surface area contributed by atoms with Gasteiger partial charge in [0.25, 0.3) is 0 Å². The molecule has 2 aromatic rings. The number of carboxylic acid groups (broad SMARTS) is 1. The standard InChI is InChI=1S/C18H17ClO3/c19-16-9-10-17(15(13-16)8-11-18(20)21)22-12-4-7-14-5-2-1-3-6-14/h1-3,5-6,8-11,13H,4,7,12H2,(H,20,21)/b11-8+. The largest absolute Gasteiger partial charge is 0.493 e. The van der Waals surface area contributed by atoms with Crippen LogP contribution >= 0.6 is 11.6 Å². The van der Waals surface area contributed by atoms with Crippen LogP contribution in [0.4, 0.5) is 0 Å². The van der Waals surface area contributed by atoms with Crippen LogP contribution in [0, 0.1) is 0 Å². The maximum Gasteiger partial charge on any atom is 0.328 e. The topological polar surface area (TPSA) is 46.5 Å². The number of hydrogen-bond acceptors (Lipinski definition) is 2. The molecule has 0 spiro atoms. The first kappa shape index (κ1) is 16.1. The Bertz CT molecular complexity index is 651. The summed E-state index contributed by atoms with van der Waals surface area (Å²) in [4.78, 5) is 10.6. The molecule has 114 valence electrons. The Morgan fingerprint density at radius 2 is 1.95 bits per heavy atom. The van der Waals surface area contributed by atoms with Gasteiger partial charge in [-0.2, -0.15) is 0 Å². The van der Waals surface area contributed by atoms with Crippen molar-refractivity contribution in [3.8, 4) is 5.75 Å². The molecule has 0 aliphatic rings. The van der Waals surface area contributed by atoms with Gasteiger partial charge in [-0.05, 0) is 42.7 Å². The second-order valence-electron chi connectivity index (χ2n) is 4.79. The Morgan fingerprint density at radius 3 is 2.68 bits per heavy atom. The van der Waals surface area contributed by atoms with E-state index in [0.29, 0.717) is 22.9 Å². The normalized spacial score (nSPS) is 10.8. The summed E-state index contributed by atoms with van der Waals surface area (Å²) in [6.07, 6.45) is 4.38. The van der Waals surface area contributed by atoms with E-state index in [1.807, 2.05) is 18.2 Å². The highest BCUT2D eigenvalue weighted by atomic mass is 35.5. The third-order valence-corrected chi connectivity index (χ3v) is 3.32. The van der Waals surface area contributed by atoms with E-state index in [1.165, 1.54) is 11.6 Å². The van der Waals surface area contributed by atoms with Crippen LogP contribution in [0.3, 0.4) is 0 Å². The minimum absolute atomic E-state index is 0.543. The molecule has 0 aliphatic heterocycles. The lowest BCUT2D eigenvalue weighted by Crippen LogP contribution is -2.01. The predicted octanol–water partition coefficient (Wildman–Crippen LogP) is 4.45. The van der Waals surface area contributed by atoms with E-state index >= 15 is 0 Å². The number of aryl methyl sites for hydroxylation is 1. The number of benzene rings is 2. The van der Waals surface area contributed by atoms with Crippen LogP contribution in [0.15, 0.2) is 54.6 Å². The fraction of sp³-hybridized carbons (Fsp3) is 0.167. The van der Waals surface area contributed by atoms with Crippen molar-refractivity contribution in [2.75, 3.05) is 6.61 Å². The highest BCUT2D eigenvalue weighted by molar-refractivity contribution is 6.30. The quantitative estimate of drug-likeness (QED) is 0.606. The Labute approximate surface area is 134 Å². The molecule has 0 unspecified atom stereocenters. The molecule has 0 amide bonds. The van der Waals surface area contributed by atoms with Crippen LogP contribution in [0.2, 0.25) is 5.02 Å². The highest BCUT2D eigenvalue weighted by Crippen LogP contribution is 2.24. The average Bonchev–Trinajstić information content (AvgIpc) is 2.52. The van der Waals surface area contributed by atoms with Crippen molar-refractivity contribution in [3.63, 3.8) is 0 Å². The Hall–Kier alpha value is -2.26. The maximum atomic E-state index is 10.6. The molecule has 0 radical (unpaired) electrons. The van der Waals surface area contributed by atoms with Crippen molar-refractivity contribution < 1.29 is 14.6 Å². The minimum Gasteiger partial charge on any atom is -0.493 e. The molecular weight excluding hydrogens is 300 g/mol. The van der Waals surface area contributed by atoms with E-state index in [9.17, 15) is 4.79 Å². The average molecular weight is 317 g/mol. The summed E-state index contributed by atoms with van der Waals surface area (Å²) < 4.78 is 5.74. The summed E-state index contributed by atoms with van der Waals surface area (Å²) in [5, 5.41) is 9.26. The van der Waals surface area contributed by atoms with Crippen LogP contribution in [0.5, 0.6) is 5.75 Å².